The molecule has 0 aromatic heterocycles. The Balaban J connectivity index is 2.86. The number of nitrogens with two attached hydrogens (primary N) is 1. The lowest BCUT2D eigenvalue weighted by Crippen LogP contribution is -2.41. The zero-order valence-electron chi connectivity index (χ0n) is 8.68. The molecule has 0 aliphatic carbocycles. The first kappa shape index (κ1) is 12.8. The number of thiocarbonyl (C=S) groups is 1. The van der Waals surface area contributed by atoms with Crippen LogP contribution >= 0.6 is 12.2 Å². The number of aliphatic carboxylic acids is 1. The predicted molar refractivity (Wildman–Crippen MR) is 66.8 cm³/mol. The van der Waals surface area contributed by atoms with Crippen molar-refractivity contribution in [3.8, 4) is 5.75 Å². The largest absolute Gasteiger partial charge is 0.508 e. The molecule has 0 atom stereocenters. The summed E-state index contributed by atoms with van der Waals surface area (Å²) in [5.41, 5.74) is 10.3. The molecule has 0 radical (unpaired) electrons. The van der Waals surface area contributed by atoms with E-state index in [1.807, 2.05) is 0 Å². The highest BCUT2D eigenvalue weighted by Crippen LogP contribution is 2.11. The SMILES string of the molecule is NC(=S)NN/C(=C/c1ccc(O)cc1)C(=O)O. The summed E-state index contributed by atoms with van der Waals surface area (Å²) < 4.78 is 0. The van der Waals surface area contributed by atoms with Gasteiger partial charge in [0.15, 0.2) is 5.11 Å². The summed E-state index contributed by atoms with van der Waals surface area (Å²) in [6, 6.07) is 6.04. The molecular weight excluding hydrogens is 242 g/mol. The minimum absolute atomic E-state index is 0.0668. The molecule has 1 rings (SSSR count). The van der Waals surface area contributed by atoms with Gasteiger partial charge in [0.25, 0.3) is 0 Å². The van der Waals surface area contributed by atoms with Gasteiger partial charge in [0.1, 0.15) is 11.4 Å². The Hall–Kier alpha value is -2.28. The van der Waals surface area contributed by atoms with Crippen LogP contribution in [0.5, 0.6) is 5.75 Å². The van der Waals surface area contributed by atoms with Crippen molar-refractivity contribution in [2.75, 3.05) is 0 Å². The van der Waals surface area contributed by atoms with Gasteiger partial charge in [-0.15, -0.1) is 0 Å². The van der Waals surface area contributed by atoms with Crippen LogP contribution in [0.2, 0.25) is 0 Å². The first-order valence-electron chi connectivity index (χ1n) is 4.54. The summed E-state index contributed by atoms with van der Waals surface area (Å²) in [4.78, 5) is 10.9. The number of phenolic OH excluding ortho intramolecular Hbond substituents is 1. The van der Waals surface area contributed by atoms with E-state index in [4.69, 9.17) is 15.9 Å². The zero-order chi connectivity index (χ0) is 12.8. The van der Waals surface area contributed by atoms with Crippen LogP contribution in [0.4, 0.5) is 0 Å². The van der Waals surface area contributed by atoms with Crippen LogP contribution in [0.25, 0.3) is 6.08 Å². The normalized spacial score (nSPS) is 10.7. The van der Waals surface area contributed by atoms with E-state index >= 15 is 0 Å². The molecule has 0 unspecified atom stereocenters. The molecule has 0 aliphatic heterocycles. The Bertz CT molecular complexity index is 456. The van der Waals surface area contributed by atoms with Crippen LogP contribution in [0.15, 0.2) is 30.0 Å². The molecule has 0 bridgehead atoms. The van der Waals surface area contributed by atoms with E-state index in [2.05, 4.69) is 23.1 Å². The van der Waals surface area contributed by atoms with Crippen molar-refractivity contribution >= 4 is 29.4 Å². The third-order valence-electron chi connectivity index (χ3n) is 1.75. The van der Waals surface area contributed by atoms with Gasteiger partial charge >= 0.3 is 5.97 Å². The Morgan fingerprint density at radius 3 is 2.35 bits per heavy atom. The third-order valence-corrected chi connectivity index (χ3v) is 1.86. The summed E-state index contributed by atoms with van der Waals surface area (Å²) in [5, 5.41) is 17.9. The minimum Gasteiger partial charge on any atom is -0.508 e. The molecule has 0 spiro atoms. The molecule has 6 nitrogen and oxygen atoms in total. The molecule has 1 aromatic carbocycles. The van der Waals surface area contributed by atoms with Gasteiger partial charge in [-0.05, 0) is 36.0 Å². The first-order valence-corrected chi connectivity index (χ1v) is 4.95. The number of hydrazine groups is 1. The molecule has 0 fully saturated rings. The van der Waals surface area contributed by atoms with E-state index in [1.54, 1.807) is 12.1 Å². The number of hydrogen-bond acceptors (Lipinski definition) is 4. The molecule has 90 valence electrons. The summed E-state index contributed by atoms with van der Waals surface area (Å²) in [6.07, 6.45) is 1.37. The number of carbonyl (C=O) groups is 1. The fraction of sp³-hybridized carbons (Fsp3) is 0. The molecule has 0 saturated carbocycles. The van der Waals surface area contributed by atoms with E-state index in [0.717, 1.165) is 0 Å². The predicted octanol–water partition coefficient (Wildman–Crippen LogP) is 0.155. The standard InChI is InChI=1S/C10H11N3O3S/c11-10(17)13-12-8(9(15)16)5-6-1-3-7(14)4-2-6/h1-5,12,14H,(H,15,16)(H3,11,13,17)/b8-5+. The van der Waals surface area contributed by atoms with Gasteiger partial charge in [-0.25, -0.2) is 4.79 Å². The summed E-state index contributed by atoms with van der Waals surface area (Å²) >= 11 is 4.53. The van der Waals surface area contributed by atoms with E-state index in [1.165, 1.54) is 18.2 Å². The number of carboxylic acid groups (broad SMARTS) is 1. The molecule has 0 saturated heterocycles. The average molecular weight is 253 g/mol. The number of aromatic hydroxyl groups is 1. The highest BCUT2D eigenvalue weighted by Gasteiger charge is 2.06. The van der Waals surface area contributed by atoms with Crippen LogP contribution in [0.3, 0.4) is 0 Å². The summed E-state index contributed by atoms with van der Waals surface area (Å²) in [5.74, 6) is -1.06. The number of benzene rings is 1. The molecule has 0 aliphatic rings. The van der Waals surface area contributed by atoms with Gasteiger partial charge < -0.3 is 15.9 Å². The van der Waals surface area contributed by atoms with Crippen LogP contribution in [-0.2, 0) is 4.79 Å². The zero-order valence-corrected chi connectivity index (χ0v) is 9.49. The van der Waals surface area contributed by atoms with Gasteiger partial charge in [0.2, 0.25) is 0 Å². The molecule has 17 heavy (non-hydrogen) atoms. The first-order chi connectivity index (χ1) is 7.99. The minimum atomic E-state index is -1.16. The second-order valence-electron chi connectivity index (χ2n) is 3.07. The van der Waals surface area contributed by atoms with E-state index in [0.29, 0.717) is 5.56 Å². The van der Waals surface area contributed by atoms with Crippen molar-refractivity contribution in [1.29, 1.82) is 0 Å². The Labute approximate surface area is 103 Å². The van der Waals surface area contributed by atoms with Crippen LogP contribution in [-0.4, -0.2) is 21.3 Å². The highest BCUT2D eigenvalue weighted by molar-refractivity contribution is 7.80. The second-order valence-corrected chi connectivity index (χ2v) is 3.51. The average Bonchev–Trinajstić information content (AvgIpc) is 2.26. The van der Waals surface area contributed by atoms with Crippen LogP contribution in [0.1, 0.15) is 5.56 Å². The molecule has 0 heterocycles. The fourth-order valence-electron chi connectivity index (χ4n) is 1.02. The number of rotatable bonds is 4. The van der Waals surface area contributed by atoms with Crippen molar-refractivity contribution < 1.29 is 15.0 Å². The maximum atomic E-state index is 10.9. The lowest BCUT2D eigenvalue weighted by atomic mass is 10.2. The van der Waals surface area contributed by atoms with Crippen LogP contribution in [0, 0.1) is 0 Å². The van der Waals surface area contributed by atoms with Crippen molar-refractivity contribution in [1.82, 2.24) is 10.9 Å². The Kier molecular flexibility index (Phi) is 4.29. The van der Waals surface area contributed by atoms with Gasteiger partial charge in [-0.1, -0.05) is 12.1 Å². The number of hydrogen-bond donors (Lipinski definition) is 5. The van der Waals surface area contributed by atoms with Gasteiger partial charge in [-0.3, -0.25) is 10.9 Å². The molecule has 6 N–H and O–H groups in total. The number of nitrogens with one attached hydrogen (secondary N) is 2. The van der Waals surface area contributed by atoms with Crippen molar-refractivity contribution in [2.45, 2.75) is 0 Å². The smallest absolute Gasteiger partial charge is 0.353 e. The van der Waals surface area contributed by atoms with Crippen molar-refractivity contribution in [3.63, 3.8) is 0 Å². The fourth-order valence-corrected chi connectivity index (χ4v) is 1.07. The summed E-state index contributed by atoms with van der Waals surface area (Å²) in [6.45, 7) is 0. The number of phenols is 1. The molecular formula is C10H11N3O3S. The molecule has 7 heteroatoms. The quantitative estimate of drug-likeness (QED) is 0.295. The van der Waals surface area contributed by atoms with Gasteiger partial charge in [-0.2, -0.15) is 0 Å². The maximum absolute atomic E-state index is 10.9. The van der Waals surface area contributed by atoms with Crippen molar-refractivity contribution in [3.05, 3.63) is 35.5 Å². The Morgan fingerprint density at radius 1 is 1.29 bits per heavy atom. The molecule has 0 amide bonds. The van der Waals surface area contributed by atoms with E-state index < -0.39 is 5.97 Å². The van der Waals surface area contributed by atoms with Gasteiger partial charge in [0, 0.05) is 0 Å². The monoisotopic (exact) mass is 253 g/mol. The highest BCUT2D eigenvalue weighted by atomic mass is 32.1. The topological polar surface area (TPSA) is 108 Å². The second kappa shape index (κ2) is 5.71. The van der Waals surface area contributed by atoms with Crippen LogP contribution < -0.4 is 16.6 Å². The van der Waals surface area contributed by atoms with Crippen molar-refractivity contribution in [2.24, 2.45) is 5.73 Å². The lowest BCUT2D eigenvalue weighted by Gasteiger charge is -2.08. The number of carboxylic acids is 1. The van der Waals surface area contributed by atoms with E-state index in [-0.39, 0.29) is 16.6 Å². The maximum Gasteiger partial charge on any atom is 0.353 e. The lowest BCUT2D eigenvalue weighted by molar-refractivity contribution is -0.133. The summed E-state index contributed by atoms with van der Waals surface area (Å²) in [7, 11) is 0. The molecule has 1 aromatic rings. The van der Waals surface area contributed by atoms with Gasteiger partial charge in [0.05, 0.1) is 0 Å². The third kappa shape index (κ3) is 4.39. The Morgan fingerprint density at radius 2 is 1.88 bits per heavy atom. The van der Waals surface area contributed by atoms with E-state index in [9.17, 15) is 4.79 Å².